The van der Waals surface area contributed by atoms with Crippen LogP contribution in [-0.4, -0.2) is 43.8 Å². The van der Waals surface area contributed by atoms with Crippen molar-refractivity contribution in [3.63, 3.8) is 0 Å². The maximum atomic E-state index is 13.6. The number of benzene rings is 2. The Labute approximate surface area is 202 Å². The molecule has 178 valence electrons. The van der Waals surface area contributed by atoms with Crippen LogP contribution in [0.1, 0.15) is 30.0 Å². The van der Waals surface area contributed by atoms with Gasteiger partial charge in [0.05, 0.1) is 29.5 Å². The molecule has 0 aliphatic rings. The van der Waals surface area contributed by atoms with E-state index in [-0.39, 0.29) is 23.4 Å². The highest BCUT2D eigenvalue weighted by molar-refractivity contribution is 7.89. The molecule has 0 bridgehead atoms. The number of rotatable bonds is 8. The molecule has 10 heteroatoms. The van der Waals surface area contributed by atoms with Gasteiger partial charge in [-0.05, 0) is 62.4 Å². The fourth-order valence-corrected chi connectivity index (χ4v) is 5.69. The average Bonchev–Trinajstić information content (AvgIpc) is 3.51. The zero-order valence-corrected chi connectivity index (χ0v) is 20.9. The normalized spacial score (nSPS) is 11.9. The lowest BCUT2D eigenvalue weighted by molar-refractivity contribution is 0.0983. The number of ether oxygens (including phenoxy) is 1. The molecular weight excluding hydrogens is 474 g/mol. The van der Waals surface area contributed by atoms with Crippen molar-refractivity contribution in [3.8, 4) is 5.75 Å². The van der Waals surface area contributed by atoms with E-state index < -0.39 is 10.0 Å². The second-order valence-corrected chi connectivity index (χ2v) is 10.9. The van der Waals surface area contributed by atoms with Gasteiger partial charge in [0, 0.05) is 18.7 Å². The van der Waals surface area contributed by atoms with Gasteiger partial charge in [0.1, 0.15) is 17.0 Å². The molecule has 0 aliphatic carbocycles. The number of para-hydroxylation sites is 1. The van der Waals surface area contributed by atoms with Gasteiger partial charge in [0.25, 0.3) is 5.91 Å². The summed E-state index contributed by atoms with van der Waals surface area (Å²) in [5, 5.41) is 0.483. The first-order valence-electron chi connectivity index (χ1n) is 10.6. The number of thiazole rings is 1. The van der Waals surface area contributed by atoms with E-state index in [1.165, 1.54) is 51.9 Å². The Kier molecular flexibility index (Phi) is 6.74. The number of carbonyl (C=O) groups excluding carboxylic acids is 1. The number of fused-ring (bicyclic) bond motifs is 1. The van der Waals surface area contributed by atoms with Crippen LogP contribution in [0.3, 0.4) is 0 Å². The van der Waals surface area contributed by atoms with Crippen LogP contribution in [0, 0.1) is 0 Å². The lowest BCUT2D eigenvalue weighted by Crippen LogP contribution is -2.33. The molecule has 2 heterocycles. The van der Waals surface area contributed by atoms with E-state index in [1.807, 2.05) is 18.2 Å². The summed E-state index contributed by atoms with van der Waals surface area (Å²) in [4.78, 5) is 19.9. The number of methoxy groups -OCH3 is 1. The van der Waals surface area contributed by atoms with Crippen molar-refractivity contribution >= 4 is 42.6 Å². The van der Waals surface area contributed by atoms with Crippen molar-refractivity contribution in [1.82, 2.24) is 9.29 Å². The molecule has 0 unspecified atom stereocenters. The summed E-state index contributed by atoms with van der Waals surface area (Å²) >= 11 is 1.36. The number of anilines is 1. The number of sulfonamides is 1. The highest BCUT2D eigenvalue weighted by Crippen LogP contribution is 2.35. The minimum Gasteiger partial charge on any atom is -0.494 e. The summed E-state index contributed by atoms with van der Waals surface area (Å²) in [5.41, 5.74) is 1.00. The van der Waals surface area contributed by atoms with Crippen molar-refractivity contribution in [2.75, 3.05) is 19.1 Å². The van der Waals surface area contributed by atoms with Gasteiger partial charge in [-0.3, -0.25) is 9.69 Å². The SMILES string of the molecule is COc1cccc2sc(N(Cc3ccco3)C(=O)c3ccc(S(=O)(=O)N(C)C(C)C)cc3)nc12. The second-order valence-electron chi connectivity index (χ2n) is 7.91. The van der Waals surface area contributed by atoms with Crippen molar-refractivity contribution < 1.29 is 22.4 Å². The third kappa shape index (κ3) is 4.56. The molecule has 1 amide bonds. The van der Waals surface area contributed by atoms with E-state index in [9.17, 15) is 13.2 Å². The summed E-state index contributed by atoms with van der Waals surface area (Å²) in [6.45, 7) is 3.77. The van der Waals surface area contributed by atoms with Crippen LogP contribution in [0.15, 0.2) is 70.2 Å². The van der Waals surface area contributed by atoms with Crippen molar-refractivity contribution in [2.45, 2.75) is 31.3 Å². The van der Waals surface area contributed by atoms with Gasteiger partial charge in [-0.1, -0.05) is 17.4 Å². The van der Waals surface area contributed by atoms with Gasteiger partial charge >= 0.3 is 0 Å². The van der Waals surface area contributed by atoms with Crippen LogP contribution >= 0.6 is 11.3 Å². The highest BCUT2D eigenvalue weighted by Gasteiger charge is 2.26. The molecular formula is C24H25N3O5S2. The van der Waals surface area contributed by atoms with Crippen LogP contribution in [-0.2, 0) is 16.6 Å². The molecule has 0 N–H and O–H groups in total. The maximum Gasteiger partial charge on any atom is 0.260 e. The van der Waals surface area contributed by atoms with Gasteiger partial charge in [0.15, 0.2) is 5.13 Å². The fourth-order valence-electron chi connectivity index (χ4n) is 3.35. The largest absolute Gasteiger partial charge is 0.494 e. The molecule has 2 aromatic carbocycles. The zero-order chi connectivity index (χ0) is 24.5. The Morgan fingerprint density at radius 2 is 1.85 bits per heavy atom. The van der Waals surface area contributed by atoms with E-state index in [0.29, 0.717) is 27.7 Å². The van der Waals surface area contributed by atoms with Gasteiger partial charge in [-0.25, -0.2) is 13.4 Å². The lowest BCUT2D eigenvalue weighted by Gasteiger charge is -2.21. The summed E-state index contributed by atoms with van der Waals surface area (Å²) in [7, 11) is -0.541. The minimum atomic E-state index is -3.65. The third-order valence-electron chi connectivity index (χ3n) is 5.47. The Bertz CT molecular complexity index is 1390. The third-order valence-corrected chi connectivity index (χ3v) is 8.56. The summed E-state index contributed by atoms with van der Waals surface area (Å²) in [5.74, 6) is 0.891. The van der Waals surface area contributed by atoms with Crippen LogP contribution in [0.5, 0.6) is 5.75 Å². The maximum absolute atomic E-state index is 13.6. The number of hydrogen-bond donors (Lipinski definition) is 0. The molecule has 0 fully saturated rings. The van der Waals surface area contributed by atoms with E-state index in [1.54, 1.807) is 39.4 Å². The molecule has 8 nitrogen and oxygen atoms in total. The summed E-state index contributed by atoms with van der Waals surface area (Å²) in [6, 6.07) is 14.9. The topological polar surface area (TPSA) is 92.9 Å². The number of furan rings is 1. The Morgan fingerprint density at radius 1 is 1.12 bits per heavy atom. The van der Waals surface area contributed by atoms with E-state index in [2.05, 4.69) is 4.98 Å². The van der Waals surface area contributed by atoms with Gasteiger partial charge < -0.3 is 9.15 Å². The fraction of sp³-hybridized carbons (Fsp3) is 0.250. The Hall–Kier alpha value is -3.21. The van der Waals surface area contributed by atoms with Crippen molar-refractivity contribution in [3.05, 3.63) is 72.2 Å². The van der Waals surface area contributed by atoms with Gasteiger partial charge in [0.2, 0.25) is 10.0 Å². The second kappa shape index (κ2) is 9.57. The van der Waals surface area contributed by atoms with Gasteiger partial charge in [-0.2, -0.15) is 4.31 Å². The first kappa shape index (κ1) is 23.9. The number of aromatic nitrogens is 1. The predicted molar refractivity (Wildman–Crippen MR) is 132 cm³/mol. The molecule has 2 aromatic heterocycles. The molecule has 0 aliphatic heterocycles. The van der Waals surface area contributed by atoms with E-state index >= 15 is 0 Å². The number of hydrogen-bond acceptors (Lipinski definition) is 7. The van der Waals surface area contributed by atoms with Crippen LogP contribution in [0.2, 0.25) is 0 Å². The minimum absolute atomic E-state index is 0.127. The smallest absolute Gasteiger partial charge is 0.260 e. The van der Waals surface area contributed by atoms with Crippen molar-refractivity contribution in [2.24, 2.45) is 0 Å². The number of carbonyl (C=O) groups is 1. The summed E-state index contributed by atoms with van der Waals surface area (Å²) < 4.78 is 38.6. The standard InChI is InChI=1S/C24H25N3O5S2/c1-16(2)26(3)34(29,30)19-12-10-17(11-13-19)23(28)27(15-18-7-6-14-32-18)24-25-22-20(31-4)8-5-9-21(22)33-24/h5-14,16H,15H2,1-4H3. The van der Waals surface area contributed by atoms with E-state index in [0.717, 1.165) is 4.70 Å². The molecule has 0 atom stereocenters. The van der Waals surface area contributed by atoms with Crippen molar-refractivity contribution in [1.29, 1.82) is 0 Å². The number of nitrogens with zero attached hydrogens (tertiary/aromatic N) is 3. The molecule has 4 rings (SSSR count). The zero-order valence-electron chi connectivity index (χ0n) is 19.3. The van der Waals surface area contributed by atoms with E-state index in [4.69, 9.17) is 9.15 Å². The molecule has 4 aromatic rings. The highest BCUT2D eigenvalue weighted by atomic mass is 32.2. The van der Waals surface area contributed by atoms with Crippen LogP contribution in [0.25, 0.3) is 10.2 Å². The van der Waals surface area contributed by atoms with Gasteiger partial charge in [-0.15, -0.1) is 0 Å². The molecule has 0 radical (unpaired) electrons. The first-order valence-corrected chi connectivity index (χ1v) is 12.8. The lowest BCUT2D eigenvalue weighted by atomic mass is 10.2. The van der Waals surface area contributed by atoms with Crippen LogP contribution < -0.4 is 9.64 Å². The predicted octanol–water partition coefficient (Wildman–Crippen LogP) is 4.77. The Morgan fingerprint density at radius 3 is 2.47 bits per heavy atom. The molecule has 0 saturated heterocycles. The molecule has 34 heavy (non-hydrogen) atoms. The van der Waals surface area contributed by atoms with Crippen LogP contribution in [0.4, 0.5) is 5.13 Å². The molecule has 0 saturated carbocycles. The first-order chi connectivity index (χ1) is 16.2. The molecule has 0 spiro atoms. The quantitative estimate of drug-likeness (QED) is 0.347. The monoisotopic (exact) mass is 499 g/mol. The summed E-state index contributed by atoms with van der Waals surface area (Å²) in [6.07, 6.45) is 1.55. The average molecular weight is 500 g/mol. The number of amides is 1. The Balaban J connectivity index is 1.71.